The number of aliphatic hydroxyl groups is 1. The Balaban J connectivity index is 1.94. The molecule has 2 rings (SSSR count). The standard InChI is InChI=1S/C15H22N2O2/c1-11(18)12-7-9-17(10-8-12)15(19)14(16)13-5-3-2-4-6-13/h2-6,11-12,14,18H,7-10,16H2,1H3. The molecule has 1 heterocycles. The lowest BCUT2D eigenvalue weighted by atomic mass is 9.91. The van der Waals surface area contributed by atoms with Gasteiger partial charge in [0.05, 0.1) is 6.10 Å². The number of aliphatic hydroxyl groups excluding tert-OH is 1. The molecule has 1 aliphatic heterocycles. The molecule has 0 aromatic heterocycles. The quantitative estimate of drug-likeness (QED) is 0.863. The van der Waals surface area contributed by atoms with Crippen molar-refractivity contribution in [1.82, 2.24) is 4.90 Å². The lowest BCUT2D eigenvalue weighted by Gasteiger charge is -2.34. The average molecular weight is 262 g/mol. The van der Waals surface area contributed by atoms with Crippen LogP contribution >= 0.6 is 0 Å². The summed E-state index contributed by atoms with van der Waals surface area (Å²) >= 11 is 0. The van der Waals surface area contributed by atoms with Crippen molar-refractivity contribution in [1.29, 1.82) is 0 Å². The van der Waals surface area contributed by atoms with E-state index in [0.29, 0.717) is 19.0 Å². The van der Waals surface area contributed by atoms with Gasteiger partial charge in [0.25, 0.3) is 0 Å². The minimum atomic E-state index is -0.579. The molecule has 1 amide bonds. The fraction of sp³-hybridized carbons (Fsp3) is 0.533. The maximum atomic E-state index is 12.3. The summed E-state index contributed by atoms with van der Waals surface area (Å²) in [5.41, 5.74) is 6.88. The van der Waals surface area contributed by atoms with E-state index in [1.807, 2.05) is 42.2 Å². The summed E-state index contributed by atoms with van der Waals surface area (Å²) in [5.74, 6) is 0.284. The van der Waals surface area contributed by atoms with E-state index in [4.69, 9.17) is 5.73 Å². The molecule has 2 atom stereocenters. The SMILES string of the molecule is CC(O)C1CCN(C(=O)C(N)c2ccccc2)CC1. The summed E-state index contributed by atoms with van der Waals surface area (Å²) in [6.45, 7) is 3.20. The fourth-order valence-electron chi connectivity index (χ4n) is 2.60. The topological polar surface area (TPSA) is 66.6 Å². The smallest absolute Gasteiger partial charge is 0.244 e. The Morgan fingerprint density at radius 1 is 1.32 bits per heavy atom. The second-order valence-electron chi connectivity index (χ2n) is 5.29. The predicted octanol–water partition coefficient (Wildman–Crippen LogP) is 1.31. The van der Waals surface area contributed by atoms with Crippen molar-refractivity contribution in [3.63, 3.8) is 0 Å². The summed E-state index contributed by atoms with van der Waals surface area (Å²) in [6.07, 6.45) is 1.41. The van der Waals surface area contributed by atoms with Crippen molar-refractivity contribution in [2.75, 3.05) is 13.1 Å². The zero-order valence-corrected chi connectivity index (χ0v) is 11.3. The number of amides is 1. The van der Waals surface area contributed by atoms with Gasteiger partial charge in [-0.15, -0.1) is 0 Å². The van der Waals surface area contributed by atoms with Crippen LogP contribution in [0, 0.1) is 5.92 Å². The van der Waals surface area contributed by atoms with Crippen molar-refractivity contribution in [2.45, 2.75) is 31.9 Å². The molecule has 1 saturated heterocycles. The van der Waals surface area contributed by atoms with Gasteiger partial charge < -0.3 is 15.7 Å². The van der Waals surface area contributed by atoms with Crippen LogP contribution in [0.3, 0.4) is 0 Å². The van der Waals surface area contributed by atoms with Crippen LogP contribution in [0.4, 0.5) is 0 Å². The summed E-state index contributed by atoms with van der Waals surface area (Å²) < 4.78 is 0. The Morgan fingerprint density at radius 3 is 2.42 bits per heavy atom. The van der Waals surface area contributed by atoms with Gasteiger partial charge in [-0.1, -0.05) is 30.3 Å². The first-order chi connectivity index (χ1) is 9.09. The minimum Gasteiger partial charge on any atom is -0.393 e. The molecule has 0 radical (unpaired) electrons. The molecule has 2 unspecified atom stereocenters. The first kappa shape index (κ1) is 14.0. The van der Waals surface area contributed by atoms with E-state index in [2.05, 4.69) is 0 Å². The van der Waals surface area contributed by atoms with Gasteiger partial charge >= 0.3 is 0 Å². The van der Waals surface area contributed by atoms with E-state index in [1.165, 1.54) is 0 Å². The Hall–Kier alpha value is -1.39. The highest BCUT2D eigenvalue weighted by molar-refractivity contribution is 5.83. The Labute approximate surface area is 114 Å². The first-order valence-electron chi connectivity index (χ1n) is 6.87. The van der Waals surface area contributed by atoms with Gasteiger partial charge in [-0.25, -0.2) is 0 Å². The van der Waals surface area contributed by atoms with Crippen molar-refractivity contribution in [3.8, 4) is 0 Å². The number of nitrogens with two attached hydrogens (primary N) is 1. The van der Waals surface area contributed by atoms with Gasteiger partial charge in [-0.2, -0.15) is 0 Å². The van der Waals surface area contributed by atoms with Gasteiger partial charge in [0.15, 0.2) is 0 Å². The number of benzene rings is 1. The number of piperidine rings is 1. The third kappa shape index (κ3) is 3.33. The third-order valence-electron chi connectivity index (χ3n) is 3.96. The maximum absolute atomic E-state index is 12.3. The minimum absolute atomic E-state index is 0.0183. The van der Waals surface area contributed by atoms with Crippen LogP contribution in [-0.2, 0) is 4.79 Å². The lowest BCUT2D eigenvalue weighted by Crippen LogP contribution is -2.44. The van der Waals surface area contributed by atoms with Gasteiger partial charge in [0.1, 0.15) is 6.04 Å². The van der Waals surface area contributed by atoms with Gasteiger partial charge in [0, 0.05) is 13.1 Å². The van der Waals surface area contributed by atoms with Crippen molar-refractivity contribution in [3.05, 3.63) is 35.9 Å². The molecule has 4 nitrogen and oxygen atoms in total. The van der Waals surface area contributed by atoms with E-state index in [9.17, 15) is 9.90 Å². The number of likely N-dealkylation sites (tertiary alicyclic amines) is 1. The van der Waals surface area contributed by atoms with Crippen LogP contribution in [-0.4, -0.2) is 35.1 Å². The number of nitrogens with zero attached hydrogens (tertiary/aromatic N) is 1. The zero-order chi connectivity index (χ0) is 13.8. The molecule has 4 heteroatoms. The van der Waals surface area contributed by atoms with Crippen LogP contribution in [0.5, 0.6) is 0 Å². The Morgan fingerprint density at radius 2 is 1.89 bits per heavy atom. The van der Waals surface area contributed by atoms with E-state index in [0.717, 1.165) is 18.4 Å². The second kappa shape index (κ2) is 6.17. The molecule has 1 aromatic rings. The number of carbonyl (C=O) groups excluding carboxylic acids is 1. The molecule has 0 aliphatic carbocycles. The number of rotatable bonds is 3. The lowest BCUT2D eigenvalue weighted by molar-refractivity contribution is -0.134. The van der Waals surface area contributed by atoms with E-state index < -0.39 is 6.04 Å². The van der Waals surface area contributed by atoms with E-state index >= 15 is 0 Å². The second-order valence-corrected chi connectivity index (χ2v) is 5.29. The Bertz CT molecular complexity index is 411. The normalized spacial score (nSPS) is 20.1. The maximum Gasteiger partial charge on any atom is 0.244 e. The van der Waals surface area contributed by atoms with Crippen LogP contribution in [0.25, 0.3) is 0 Å². The Kier molecular flexibility index (Phi) is 4.56. The first-order valence-corrected chi connectivity index (χ1v) is 6.87. The molecule has 3 N–H and O–H groups in total. The van der Waals surface area contributed by atoms with Crippen LogP contribution < -0.4 is 5.73 Å². The number of hydrogen-bond donors (Lipinski definition) is 2. The van der Waals surface area contributed by atoms with Crippen molar-refractivity contribution in [2.24, 2.45) is 11.7 Å². The zero-order valence-electron chi connectivity index (χ0n) is 11.3. The fourth-order valence-corrected chi connectivity index (χ4v) is 2.60. The monoisotopic (exact) mass is 262 g/mol. The van der Waals surface area contributed by atoms with E-state index in [1.54, 1.807) is 0 Å². The van der Waals surface area contributed by atoms with Gasteiger partial charge in [-0.05, 0) is 31.2 Å². The molecule has 0 spiro atoms. The molecule has 0 saturated carbocycles. The molecular formula is C15H22N2O2. The molecular weight excluding hydrogens is 240 g/mol. The molecule has 104 valence electrons. The molecule has 1 fully saturated rings. The predicted molar refractivity (Wildman–Crippen MR) is 74.4 cm³/mol. The highest BCUT2D eigenvalue weighted by Gasteiger charge is 2.28. The molecule has 19 heavy (non-hydrogen) atoms. The van der Waals surface area contributed by atoms with Crippen molar-refractivity contribution < 1.29 is 9.90 Å². The van der Waals surface area contributed by atoms with Crippen LogP contribution in [0.1, 0.15) is 31.4 Å². The summed E-state index contributed by atoms with van der Waals surface area (Å²) in [7, 11) is 0. The summed E-state index contributed by atoms with van der Waals surface area (Å²) in [5, 5.41) is 9.56. The third-order valence-corrected chi connectivity index (χ3v) is 3.96. The van der Waals surface area contributed by atoms with Gasteiger partial charge in [0.2, 0.25) is 5.91 Å². The largest absolute Gasteiger partial charge is 0.393 e. The summed E-state index contributed by atoms with van der Waals surface area (Å²) in [4.78, 5) is 14.1. The van der Waals surface area contributed by atoms with E-state index in [-0.39, 0.29) is 12.0 Å². The molecule has 0 bridgehead atoms. The molecule has 1 aliphatic rings. The number of hydrogen-bond acceptors (Lipinski definition) is 3. The van der Waals surface area contributed by atoms with Crippen molar-refractivity contribution >= 4 is 5.91 Å². The highest BCUT2D eigenvalue weighted by atomic mass is 16.3. The van der Waals surface area contributed by atoms with Crippen LogP contribution in [0.2, 0.25) is 0 Å². The number of carbonyl (C=O) groups is 1. The molecule has 1 aromatic carbocycles. The van der Waals surface area contributed by atoms with Crippen LogP contribution in [0.15, 0.2) is 30.3 Å². The van der Waals surface area contributed by atoms with Gasteiger partial charge in [-0.3, -0.25) is 4.79 Å². The average Bonchev–Trinajstić information content (AvgIpc) is 2.46. The highest BCUT2D eigenvalue weighted by Crippen LogP contribution is 2.22. The summed E-state index contributed by atoms with van der Waals surface area (Å²) in [6, 6.07) is 8.87.